The van der Waals surface area contributed by atoms with Crippen LogP contribution in [0, 0.1) is 0 Å². The molecule has 7 nitrogen and oxygen atoms in total. The van der Waals surface area contributed by atoms with Crippen LogP contribution in [0.5, 0.6) is 11.5 Å². The lowest BCUT2D eigenvalue weighted by Gasteiger charge is -2.28. The van der Waals surface area contributed by atoms with E-state index >= 15 is 0 Å². The molecule has 0 aliphatic carbocycles. The molecule has 0 saturated carbocycles. The minimum atomic E-state index is -0.290. The molecule has 0 unspecified atom stereocenters. The van der Waals surface area contributed by atoms with Gasteiger partial charge in [-0.1, -0.05) is 6.07 Å². The maximum atomic E-state index is 12.2. The second kappa shape index (κ2) is 8.40. The fourth-order valence-corrected chi connectivity index (χ4v) is 2.91. The molecule has 138 valence electrons. The van der Waals surface area contributed by atoms with E-state index < -0.39 is 0 Å². The lowest BCUT2D eigenvalue weighted by Crippen LogP contribution is -2.40. The Balaban J connectivity index is 1.43. The van der Waals surface area contributed by atoms with Crippen LogP contribution in [0.4, 0.5) is 4.79 Å². The summed E-state index contributed by atoms with van der Waals surface area (Å²) in [6.07, 6.45) is 0.438. The molecular formula is C18H26N2O5. The summed E-state index contributed by atoms with van der Waals surface area (Å²) in [5, 5.41) is 0. The SMILES string of the molecule is C[C@H](Cc1ccc2c(c1)OCO2)N(C)C(=O)OCCN1CCOCC1. The number of hydrogen-bond donors (Lipinski definition) is 0. The van der Waals surface area contributed by atoms with E-state index in [4.69, 9.17) is 18.9 Å². The first kappa shape index (κ1) is 17.8. The van der Waals surface area contributed by atoms with Gasteiger partial charge in [-0.05, 0) is 31.0 Å². The number of carbonyl (C=O) groups is 1. The molecule has 25 heavy (non-hydrogen) atoms. The average Bonchev–Trinajstić information content (AvgIpc) is 3.09. The quantitative estimate of drug-likeness (QED) is 0.779. The largest absolute Gasteiger partial charge is 0.454 e. The monoisotopic (exact) mass is 350 g/mol. The molecule has 0 aromatic heterocycles. The smallest absolute Gasteiger partial charge is 0.409 e. The Hall–Kier alpha value is -1.99. The first-order chi connectivity index (χ1) is 12.1. The summed E-state index contributed by atoms with van der Waals surface area (Å²) in [7, 11) is 1.77. The van der Waals surface area contributed by atoms with Crippen LogP contribution >= 0.6 is 0 Å². The molecule has 2 aliphatic heterocycles. The van der Waals surface area contributed by atoms with E-state index in [1.807, 2.05) is 25.1 Å². The van der Waals surface area contributed by atoms with Gasteiger partial charge in [0.1, 0.15) is 6.61 Å². The molecule has 2 aliphatic rings. The van der Waals surface area contributed by atoms with Gasteiger partial charge in [-0.25, -0.2) is 4.79 Å². The molecule has 1 aromatic rings. The molecule has 0 radical (unpaired) electrons. The van der Waals surface area contributed by atoms with Gasteiger partial charge in [-0.15, -0.1) is 0 Å². The lowest BCUT2D eigenvalue weighted by atomic mass is 10.1. The van der Waals surface area contributed by atoms with Crippen molar-refractivity contribution in [1.82, 2.24) is 9.80 Å². The Labute approximate surface area is 148 Å². The highest BCUT2D eigenvalue weighted by Gasteiger charge is 2.20. The van der Waals surface area contributed by atoms with Crippen molar-refractivity contribution >= 4 is 6.09 Å². The standard InChI is InChI=1S/C18H26N2O5/c1-14(11-15-3-4-16-17(12-15)25-13-24-16)19(2)18(21)23-10-7-20-5-8-22-9-6-20/h3-4,12,14H,5-11,13H2,1-2H3/t14-/m1/s1. The molecule has 0 bridgehead atoms. The highest BCUT2D eigenvalue weighted by molar-refractivity contribution is 5.67. The zero-order chi connectivity index (χ0) is 17.6. The normalized spacial score (nSPS) is 18.0. The Morgan fingerprint density at radius 3 is 2.84 bits per heavy atom. The molecule has 0 spiro atoms. The first-order valence-corrected chi connectivity index (χ1v) is 8.71. The van der Waals surface area contributed by atoms with Crippen LogP contribution in [0.15, 0.2) is 18.2 Å². The molecule has 1 atom stereocenters. The number of nitrogens with zero attached hydrogens (tertiary/aromatic N) is 2. The van der Waals surface area contributed by atoms with Gasteiger partial charge in [0, 0.05) is 32.7 Å². The van der Waals surface area contributed by atoms with Gasteiger partial charge in [0.15, 0.2) is 11.5 Å². The van der Waals surface area contributed by atoms with E-state index in [1.165, 1.54) is 0 Å². The minimum absolute atomic E-state index is 0.0243. The van der Waals surface area contributed by atoms with E-state index in [9.17, 15) is 4.79 Å². The fourth-order valence-electron chi connectivity index (χ4n) is 2.91. The molecule has 1 amide bonds. The lowest BCUT2D eigenvalue weighted by molar-refractivity contribution is 0.0245. The zero-order valence-corrected chi connectivity index (χ0v) is 14.9. The van der Waals surface area contributed by atoms with Crippen molar-refractivity contribution in [2.45, 2.75) is 19.4 Å². The zero-order valence-electron chi connectivity index (χ0n) is 14.9. The van der Waals surface area contributed by atoms with Crippen molar-refractivity contribution < 1.29 is 23.7 Å². The second-order valence-electron chi connectivity index (χ2n) is 6.42. The number of benzene rings is 1. The second-order valence-corrected chi connectivity index (χ2v) is 6.42. The number of rotatable bonds is 6. The van der Waals surface area contributed by atoms with Crippen LogP contribution < -0.4 is 9.47 Å². The van der Waals surface area contributed by atoms with E-state index in [-0.39, 0.29) is 18.9 Å². The van der Waals surface area contributed by atoms with Crippen LogP contribution in [-0.4, -0.2) is 75.2 Å². The first-order valence-electron chi connectivity index (χ1n) is 8.71. The van der Waals surface area contributed by atoms with Crippen LogP contribution in [0.1, 0.15) is 12.5 Å². The molecule has 3 rings (SSSR count). The van der Waals surface area contributed by atoms with Crippen molar-refractivity contribution in [3.8, 4) is 11.5 Å². The number of ether oxygens (including phenoxy) is 4. The summed E-state index contributed by atoms with van der Waals surface area (Å²) >= 11 is 0. The third kappa shape index (κ3) is 4.76. The Kier molecular flexibility index (Phi) is 5.99. The molecule has 1 saturated heterocycles. The van der Waals surface area contributed by atoms with Gasteiger partial charge in [0.05, 0.1) is 13.2 Å². The minimum Gasteiger partial charge on any atom is -0.454 e. The van der Waals surface area contributed by atoms with Crippen molar-refractivity contribution in [2.75, 3.05) is 53.3 Å². The van der Waals surface area contributed by atoms with E-state index in [1.54, 1.807) is 11.9 Å². The number of fused-ring (bicyclic) bond motifs is 1. The van der Waals surface area contributed by atoms with Crippen LogP contribution in [0.2, 0.25) is 0 Å². The third-order valence-corrected chi connectivity index (χ3v) is 4.65. The van der Waals surface area contributed by atoms with Gasteiger partial charge in [0.2, 0.25) is 6.79 Å². The molecule has 7 heteroatoms. The summed E-state index contributed by atoms with van der Waals surface area (Å²) < 4.78 is 21.4. The molecular weight excluding hydrogens is 324 g/mol. The number of hydrogen-bond acceptors (Lipinski definition) is 6. The van der Waals surface area contributed by atoms with Crippen molar-refractivity contribution in [1.29, 1.82) is 0 Å². The van der Waals surface area contributed by atoms with Gasteiger partial charge < -0.3 is 23.8 Å². The Morgan fingerprint density at radius 2 is 2.04 bits per heavy atom. The fraction of sp³-hybridized carbons (Fsp3) is 0.611. The number of amides is 1. The van der Waals surface area contributed by atoms with Gasteiger partial charge in [-0.3, -0.25) is 4.90 Å². The predicted octanol–water partition coefficient (Wildman–Crippen LogP) is 1.75. The van der Waals surface area contributed by atoms with Crippen molar-refractivity contribution in [2.24, 2.45) is 0 Å². The summed E-state index contributed by atoms with van der Waals surface area (Å²) in [5.74, 6) is 1.53. The average molecular weight is 350 g/mol. The van der Waals surface area contributed by atoms with Crippen LogP contribution in [-0.2, 0) is 15.9 Å². The van der Waals surface area contributed by atoms with Gasteiger partial charge in [0.25, 0.3) is 0 Å². The predicted molar refractivity (Wildman–Crippen MR) is 92.1 cm³/mol. The molecule has 1 fully saturated rings. The highest BCUT2D eigenvalue weighted by Crippen LogP contribution is 2.32. The Morgan fingerprint density at radius 1 is 1.28 bits per heavy atom. The number of likely N-dealkylation sites (N-methyl/N-ethyl adjacent to an activating group) is 1. The molecule has 0 N–H and O–H groups in total. The van der Waals surface area contributed by atoms with E-state index in [2.05, 4.69) is 4.90 Å². The maximum Gasteiger partial charge on any atom is 0.409 e. The number of morpholine rings is 1. The third-order valence-electron chi connectivity index (χ3n) is 4.65. The highest BCUT2D eigenvalue weighted by atomic mass is 16.7. The van der Waals surface area contributed by atoms with E-state index in [0.717, 1.165) is 56.3 Å². The molecule has 1 aromatic carbocycles. The van der Waals surface area contributed by atoms with Crippen molar-refractivity contribution in [3.05, 3.63) is 23.8 Å². The Bertz CT molecular complexity index is 589. The van der Waals surface area contributed by atoms with Gasteiger partial charge in [-0.2, -0.15) is 0 Å². The van der Waals surface area contributed by atoms with E-state index in [0.29, 0.717) is 6.61 Å². The van der Waals surface area contributed by atoms with Crippen molar-refractivity contribution in [3.63, 3.8) is 0 Å². The molecule has 2 heterocycles. The summed E-state index contributed by atoms with van der Waals surface area (Å²) in [5.41, 5.74) is 1.10. The number of carbonyl (C=O) groups excluding carboxylic acids is 1. The summed E-state index contributed by atoms with van der Waals surface area (Å²) in [4.78, 5) is 16.1. The maximum absolute atomic E-state index is 12.2. The topological polar surface area (TPSA) is 60.5 Å². The van der Waals surface area contributed by atoms with Gasteiger partial charge >= 0.3 is 6.09 Å². The summed E-state index contributed by atoms with van der Waals surface area (Å²) in [6.45, 7) is 6.72. The summed E-state index contributed by atoms with van der Waals surface area (Å²) in [6, 6.07) is 5.90. The van der Waals surface area contributed by atoms with Crippen LogP contribution in [0.3, 0.4) is 0 Å². The van der Waals surface area contributed by atoms with Crippen LogP contribution in [0.25, 0.3) is 0 Å².